The Bertz CT molecular complexity index is 534. The molecule has 0 spiro atoms. The van der Waals surface area contributed by atoms with Crippen molar-refractivity contribution in [2.75, 3.05) is 31.1 Å². The van der Waals surface area contributed by atoms with Crippen LogP contribution in [0.1, 0.15) is 26.5 Å². The van der Waals surface area contributed by atoms with E-state index in [1.807, 2.05) is 32.9 Å². The molecule has 21 heavy (non-hydrogen) atoms. The number of anilines is 1. The molecule has 0 bridgehead atoms. The molecule has 1 saturated heterocycles. The maximum Gasteiger partial charge on any atom is 0.330 e. The Morgan fingerprint density at radius 2 is 1.95 bits per heavy atom. The van der Waals surface area contributed by atoms with E-state index in [1.165, 1.54) is 0 Å². The minimum atomic E-state index is -0.492. The summed E-state index contributed by atoms with van der Waals surface area (Å²) in [7, 11) is 0. The van der Waals surface area contributed by atoms with Gasteiger partial charge in [0, 0.05) is 13.1 Å². The van der Waals surface area contributed by atoms with Gasteiger partial charge in [-0.1, -0.05) is 0 Å². The molecule has 1 aliphatic rings. The fourth-order valence-electron chi connectivity index (χ4n) is 1.93. The maximum atomic E-state index is 11.8. The van der Waals surface area contributed by atoms with E-state index >= 15 is 0 Å². The lowest BCUT2D eigenvalue weighted by atomic mass is 9.98. The van der Waals surface area contributed by atoms with Gasteiger partial charge in [0.15, 0.2) is 0 Å². The fourth-order valence-corrected chi connectivity index (χ4v) is 1.93. The van der Waals surface area contributed by atoms with Crippen LogP contribution < -0.4 is 4.90 Å². The summed E-state index contributed by atoms with van der Waals surface area (Å²) in [5.41, 5.74) is 0.904. The van der Waals surface area contributed by atoms with Crippen LogP contribution in [0.15, 0.2) is 18.3 Å². The normalized spacial score (nSPS) is 16.4. The molecule has 1 aromatic rings. The first-order chi connectivity index (χ1) is 9.90. The lowest BCUT2D eigenvalue weighted by Gasteiger charge is -2.35. The molecule has 0 radical (unpaired) electrons. The number of piperazine rings is 1. The maximum absolute atomic E-state index is 11.8. The molecule has 1 aliphatic heterocycles. The van der Waals surface area contributed by atoms with Crippen LogP contribution in [0.5, 0.6) is 0 Å². The van der Waals surface area contributed by atoms with Crippen LogP contribution in [-0.4, -0.2) is 42.2 Å². The summed E-state index contributed by atoms with van der Waals surface area (Å²) >= 11 is 0. The molecule has 6 nitrogen and oxygen atoms in total. The van der Waals surface area contributed by atoms with Crippen LogP contribution in [0.25, 0.3) is 0 Å². The van der Waals surface area contributed by atoms with Crippen molar-refractivity contribution in [2.24, 2.45) is 5.41 Å². The van der Waals surface area contributed by atoms with Gasteiger partial charge < -0.3 is 9.74 Å². The first-order valence-corrected chi connectivity index (χ1v) is 6.98. The second-order valence-corrected chi connectivity index (χ2v) is 6.06. The zero-order valence-corrected chi connectivity index (χ0v) is 12.7. The van der Waals surface area contributed by atoms with Crippen molar-refractivity contribution in [3.05, 3.63) is 24.0 Å². The van der Waals surface area contributed by atoms with Crippen molar-refractivity contribution < 1.29 is 9.63 Å². The van der Waals surface area contributed by atoms with E-state index < -0.39 is 5.41 Å². The Labute approximate surface area is 124 Å². The van der Waals surface area contributed by atoms with Crippen LogP contribution >= 0.6 is 0 Å². The average molecular weight is 288 g/mol. The van der Waals surface area contributed by atoms with Gasteiger partial charge in [-0.05, 0) is 32.9 Å². The number of carbonyl (C=O) groups is 1. The fraction of sp³-hybridized carbons (Fsp3) is 0.533. The van der Waals surface area contributed by atoms with Crippen LogP contribution in [-0.2, 0) is 9.63 Å². The number of rotatable bonds is 2. The van der Waals surface area contributed by atoms with E-state index in [-0.39, 0.29) is 5.97 Å². The number of hydrogen-bond donors (Lipinski definition) is 0. The number of nitriles is 1. The smallest absolute Gasteiger partial charge is 0.330 e. The second-order valence-electron chi connectivity index (χ2n) is 6.06. The molecule has 6 heteroatoms. The van der Waals surface area contributed by atoms with Gasteiger partial charge in [-0.3, -0.25) is 0 Å². The number of nitrogens with zero attached hydrogens (tertiary/aromatic N) is 4. The second kappa shape index (κ2) is 6.10. The first kappa shape index (κ1) is 15.3. The number of carbonyl (C=O) groups excluding carboxylic acids is 1. The highest BCUT2D eigenvalue weighted by molar-refractivity contribution is 5.75. The van der Waals surface area contributed by atoms with Gasteiger partial charge in [0.25, 0.3) is 0 Å². The van der Waals surface area contributed by atoms with Crippen LogP contribution in [0.3, 0.4) is 0 Å². The zero-order chi connectivity index (χ0) is 15.5. The van der Waals surface area contributed by atoms with Gasteiger partial charge in [-0.15, -0.1) is 5.06 Å². The van der Waals surface area contributed by atoms with Crippen LogP contribution in [0.4, 0.5) is 5.69 Å². The molecule has 1 aromatic heterocycles. The molecule has 1 fully saturated rings. The molecule has 2 rings (SSSR count). The molecule has 2 heterocycles. The van der Waals surface area contributed by atoms with E-state index in [9.17, 15) is 4.79 Å². The molecule has 0 saturated carbocycles. The molecular weight excluding hydrogens is 268 g/mol. The molecule has 0 aliphatic carbocycles. The van der Waals surface area contributed by atoms with Gasteiger partial charge in [-0.25, -0.2) is 9.78 Å². The van der Waals surface area contributed by atoms with Gasteiger partial charge in [0.1, 0.15) is 11.8 Å². The predicted molar refractivity (Wildman–Crippen MR) is 78.3 cm³/mol. The number of hydrogen-bond acceptors (Lipinski definition) is 6. The van der Waals surface area contributed by atoms with Crippen molar-refractivity contribution >= 4 is 11.7 Å². The average Bonchev–Trinajstić information content (AvgIpc) is 2.47. The first-order valence-electron chi connectivity index (χ1n) is 6.98. The molecule has 0 unspecified atom stereocenters. The highest BCUT2D eigenvalue weighted by Crippen LogP contribution is 2.19. The third kappa shape index (κ3) is 3.92. The van der Waals surface area contributed by atoms with Crippen molar-refractivity contribution in [1.29, 1.82) is 5.26 Å². The van der Waals surface area contributed by atoms with E-state index in [2.05, 4.69) is 9.88 Å². The van der Waals surface area contributed by atoms with Gasteiger partial charge in [0.2, 0.25) is 0 Å². The van der Waals surface area contributed by atoms with E-state index in [1.54, 1.807) is 17.3 Å². The topological polar surface area (TPSA) is 69.5 Å². The summed E-state index contributed by atoms with van der Waals surface area (Å²) in [6.07, 6.45) is 1.70. The van der Waals surface area contributed by atoms with Gasteiger partial charge in [-0.2, -0.15) is 5.26 Å². The van der Waals surface area contributed by atoms with Gasteiger partial charge in [0.05, 0.1) is 30.4 Å². The van der Waals surface area contributed by atoms with E-state index in [0.29, 0.717) is 18.8 Å². The summed E-state index contributed by atoms with van der Waals surface area (Å²) in [5, 5.41) is 10.5. The van der Waals surface area contributed by atoms with Crippen molar-refractivity contribution in [3.63, 3.8) is 0 Å². The Morgan fingerprint density at radius 3 is 2.43 bits per heavy atom. The quantitative estimate of drug-likeness (QED) is 0.823. The molecule has 0 N–H and O–H groups in total. The zero-order valence-electron chi connectivity index (χ0n) is 12.7. The molecule has 0 atom stereocenters. The predicted octanol–water partition coefficient (Wildman–Crippen LogP) is 1.58. The largest absolute Gasteiger partial charge is 0.367 e. The number of aromatic nitrogens is 1. The third-order valence-corrected chi connectivity index (χ3v) is 3.29. The minimum absolute atomic E-state index is 0.212. The lowest BCUT2D eigenvalue weighted by molar-refractivity contribution is -0.201. The summed E-state index contributed by atoms with van der Waals surface area (Å²) in [6.45, 7) is 8.34. The van der Waals surface area contributed by atoms with E-state index in [0.717, 1.165) is 18.8 Å². The van der Waals surface area contributed by atoms with Crippen LogP contribution in [0.2, 0.25) is 0 Å². The molecular formula is C15H20N4O2. The molecule has 0 amide bonds. The highest BCUT2D eigenvalue weighted by atomic mass is 16.7. The van der Waals surface area contributed by atoms with Crippen molar-refractivity contribution in [2.45, 2.75) is 20.8 Å². The third-order valence-electron chi connectivity index (χ3n) is 3.29. The van der Waals surface area contributed by atoms with Crippen LogP contribution in [0, 0.1) is 16.7 Å². The standard InChI is InChI=1S/C15H20N4O2/c1-15(2,3)14(20)21-19-8-6-18(7-9-19)13-5-4-12(10-16)17-11-13/h4-5,11H,6-9H2,1-3H3. The molecule has 0 aromatic carbocycles. The van der Waals surface area contributed by atoms with E-state index in [4.69, 9.17) is 10.1 Å². The summed E-state index contributed by atoms with van der Waals surface area (Å²) in [4.78, 5) is 23.5. The Hall–Kier alpha value is -2.13. The lowest BCUT2D eigenvalue weighted by Crippen LogP contribution is -2.48. The summed E-state index contributed by atoms with van der Waals surface area (Å²) in [6, 6.07) is 5.61. The Morgan fingerprint density at radius 1 is 1.29 bits per heavy atom. The molecule has 112 valence electrons. The minimum Gasteiger partial charge on any atom is -0.367 e. The monoisotopic (exact) mass is 288 g/mol. The van der Waals surface area contributed by atoms with Crippen molar-refractivity contribution in [3.8, 4) is 6.07 Å². The Balaban J connectivity index is 1.88. The number of hydroxylamine groups is 2. The number of pyridine rings is 1. The van der Waals surface area contributed by atoms with Crippen molar-refractivity contribution in [1.82, 2.24) is 10.0 Å². The SMILES string of the molecule is CC(C)(C)C(=O)ON1CCN(c2ccc(C#N)nc2)CC1. The Kier molecular flexibility index (Phi) is 4.43. The summed E-state index contributed by atoms with van der Waals surface area (Å²) in [5.74, 6) is -0.212. The highest BCUT2D eigenvalue weighted by Gasteiger charge is 2.27. The summed E-state index contributed by atoms with van der Waals surface area (Å²) < 4.78 is 0. The van der Waals surface area contributed by atoms with Gasteiger partial charge >= 0.3 is 5.97 Å².